The van der Waals surface area contributed by atoms with Gasteiger partial charge in [0.25, 0.3) is 11.5 Å². The van der Waals surface area contributed by atoms with Crippen LogP contribution in [0.1, 0.15) is 42.6 Å². The fourth-order valence-corrected chi connectivity index (χ4v) is 4.89. The summed E-state index contributed by atoms with van der Waals surface area (Å²) < 4.78 is 7.49. The van der Waals surface area contributed by atoms with Crippen molar-refractivity contribution in [3.63, 3.8) is 0 Å². The first kappa shape index (κ1) is 22.8. The summed E-state index contributed by atoms with van der Waals surface area (Å²) in [6, 6.07) is 12.7. The lowest BCUT2D eigenvalue weighted by atomic mass is 10.1. The number of hydrogen-bond acceptors (Lipinski definition) is 5. The van der Waals surface area contributed by atoms with Crippen molar-refractivity contribution >= 4 is 40.2 Å². The number of nitrogens with one attached hydrogen (secondary N) is 1. The predicted molar refractivity (Wildman–Crippen MR) is 129 cm³/mol. The average molecular weight is 472 g/mol. The number of halogens is 1. The number of ether oxygens (including phenoxy) is 1. The quantitative estimate of drug-likeness (QED) is 0.400. The van der Waals surface area contributed by atoms with Crippen molar-refractivity contribution in [1.82, 2.24) is 14.9 Å². The Hall–Kier alpha value is -2.35. The van der Waals surface area contributed by atoms with E-state index in [1.54, 1.807) is 22.8 Å². The largest absolute Gasteiger partial charge is 0.376 e. The smallest absolute Gasteiger partial charge is 0.262 e. The zero-order chi connectivity index (χ0) is 22.7. The van der Waals surface area contributed by atoms with Crippen molar-refractivity contribution in [2.24, 2.45) is 0 Å². The van der Waals surface area contributed by atoms with Crippen molar-refractivity contribution in [2.45, 2.75) is 56.3 Å². The van der Waals surface area contributed by atoms with Gasteiger partial charge in [-0.15, -0.1) is 0 Å². The topological polar surface area (TPSA) is 73.2 Å². The lowest BCUT2D eigenvalue weighted by Gasteiger charge is -2.17. The van der Waals surface area contributed by atoms with Gasteiger partial charge < -0.3 is 10.1 Å². The van der Waals surface area contributed by atoms with Gasteiger partial charge in [0.05, 0.1) is 23.6 Å². The Labute approximate surface area is 196 Å². The SMILES string of the molecule is CC(C)NC(=O)c1ccc2c(=O)n(C[C@@H]3CCCO3)c(SCc3cccc(Cl)c3)nc2c1. The minimum Gasteiger partial charge on any atom is -0.376 e. The Morgan fingerprint density at radius 3 is 2.88 bits per heavy atom. The molecule has 32 heavy (non-hydrogen) atoms. The van der Waals surface area contributed by atoms with Gasteiger partial charge in [0, 0.05) is 29.0 Å². The van der Waals surface area contributed by atoms with Gasteiger partial charge in [0.2, 0.25) is 0 Å². The van der Waals surface area contributed by atoms with Crippen LogP contribution in [0.4, 0.5) is 0 Å². The van der Waals surface area contributed by atoms with Gasteiger partial charge in [-0.05, 0) is 62.6 Å². The summed E-state index contributed by atoms with van der Waals surface area (Å²) in [6.45, 7) is 5.01. The maximum atomic E-state index is 13.4. The summed E-state index contributed by atoms with van der Waals surface area (Å²) in [5, 5.41) is 4.66. The second-order valence-corrected chi connectivity index (χ2v) is 9.60. The van der Waals surface area contributed by atoms with Crippen LogP contribution in [0.3, 0.4) is 0 Å². The molecule has 1 aromatic heterocycles. The zero-order valence-electron chi connectivity index (χ0n) is 18.1. The van der Waals surface area contributed by atoms with Crippen LogP contribution in [0, 0.1) is 0 Å². The van der Waals surface area contributed by atoms with Gasteiger partial charge in [-0.25, -0.2) is 4.98 Å². The molecule has 1 aliphatic rings. The van der Waals surface area contributed by atoms with Crippen molar-refractivity contribution in [2.75, 3.05) is 6.61 Å². The van der Waals surface area contributed by atoms with Crippen LogP contribution in [-0.2, 0) is 17.0 Å². The van der Waals surface area contributed by atoms with Gasteiger partial charge in [0.15, 0.2) is 5.16 Å². The van der Waals surface area contributed by atoms with Gasteiger partial charge in [-0.2, -0.15) is 0 Å². The molecule has 1 N–H and O–H groups in total. The van der Waals surface area contributed by atoms with Gasteiger partial charge >= 0.3 is 0 Å². The molecule has 1 atom stereocenters. The molecule has 1 fully saturated rings. The minimum atomic E-state index is -0.180. The van der Waals surface area contributed by atoms with Gasteiger partial charge in [-0.1, -0.05) is 35.5 Å². The van der Waals surface area contributed by atoms with E-state index in [9.17, 15) is 9.59 Å². The molecule has 3 aromatic rings. The molecule has 6 nitrogen and oxygen atoms in total. The Morgan fingerprint density at radius 1 is 1.31 bits per heavy atom. The predicted octanol–water partition coefficient (Wildman–Crippen LogP) is 4.66. The summed E-state index contributed by atoms with van der Waals surface area (Å²) in [5.41, 5.74) is 1.94. The average Bonchev–Trinajstić information content (AvgIpc) is 3.27. The van der Waals surface area contributed by atoms with E-state index in [4.69, 9.17) is 21.3 Å². The summed E-state index contributed by atoms with van der Waals surface area (Å²) in [4.78, 5) is 30.6. The van der Waals surface area contributed by atoms with Crippen molar-refractivity contribution in [1.29, 1.82) is 0 Å². The number of rotatable bonds is 7. The molecule has 4 rings (SSSR count). The van der Waals surface area contributed by atoms with E-state index in [-0.39, 0.29) is 23.6 Å². The summed E-state index contributed by atoms with van der Waals surface area (Å²) in [5.74, 6) is 0.442. The van der Waals surface area contributed by atoms with Crippen LogP contribution in [0.5, 0.6) is 0 Å². The molecule has 1 saturated heterocycles. The monoisotopic (exact) mass is 471 g/mol. The molecule has 8 heteroatoms. The highest BCUT2D eigenvalue weighted by Crippen LogP contribution is 2.25. The first-order chi connectivity index (χ1) is 15.4. The molecule has 0 unspecified atom stereocenters. The van der Waals surface area contributed by atoms with Crippen molar-refractivity contribution < 1.29 is 9.53 Å². The number of amides is 1. The number of hydrogen-bond donors (Lipinski definition) is 1. The highest BCUT2D eigenvalue weighted by atomic mass is 35.5. The molecule has 0 bridgehead atoms. The lowest BCUT2D eigenvalue weighted by Crippen LogP contribution is -2.31. The maximum absolute atomic E-state index is 13.4. The third-order valence-electron chi connectivity index (χ3n) is 5.27. The molecule has 2 heterocycles. The second kappa shape index (κ2) is 10.1. The first-order valence-corrected chi connectivity index (χ1v) is 12.1. The number of carbonyl (C=O) groups excluding carboxylic acids is 1. The fourth-order valence-electron chi connectivity index (χ4n) is 3.73. The van der Waals surface area contributed by atoms with Crippen molar-refractivity contribution in [3.8, 4) is 0 Å². The number of carbonyl (C=O) groups is 1. The lowest BCUT2D eigenvalue weighted by molar-refractivity contribution is 0.0937. The van der Waals surface area contributed by atoms with E-state index in [1.807, 2.05) is 38.1 Å². The summed E-state index contributed by atoms with van der Waals surface area (Å²) >= 11 is 7.61. The van der Waals surface area contributed by atoms with E-state index in [2.05, 4.69) is 5.32 Å². The normalized spacial score (nSPS) is 16.1. The van der Waals surface area contributed by atoms with E-state index < -0.39 is 0 Å². The number of thioether (sulfide) groups is 1. The van der Waals surface area contributed by atoms with Gasteiger partial charge in [-0.3, -0.25) is 14.2 Å². The maximum Gasteiger partial charge on any atom is 0.262 e. The third kappa shape index (κ3) is 5.34. The molecule has 0 aliphatic carbocycles. The number of nitrogens with zero attached hydrogens (tertiary/aromatic N) is 2. The Bertz CT molecular complexity index is 1190. The highest BCUT2D eigenvalue weighted by Gasteiger charge is 2.21. The summed E-state index contributed by atoms with van der Waals surface area (Å²) in [7, 11) is 0. The third-order valence-corrected chi connectivity index (χ3v) is 6.55. The highest BCUT2D eigenvalue weighted by molar-refractivity contribution is 7.98. The molecule has 0 spiro atoms. The zero-order valence-corrected chi connectivity index (χ0v) is 19.7. The molecule has 0 radical (unpaired) electrons. The Kier molecular flexibility index (Phi) is 7.18. The van der Waals surface area contributed by atoms with Crippen LogP contribution >= 0.6 is 23.4 Å². The Morgan fingerprint density at radius 2 is 2.16 bits per heavy atom. The second-order valence-electron chi connectivity index (χ2n) is 8.22. The molecular formula is C24H26ClN3O3S. The number of aromatic nitrogens is 2. The van der Waals surface area contributed by atoms with E-state index in [1.165, 1.54) is 11.8 Å². The molecule has 1 amide bonds. The summed E-state index contributed by atoms with van der Waals surface area (Å²) in [6.07, 6.45) is 1.94. The van der Waals surface area contributed by atoms with E-state index >= 15 is 0 Å². The van der Waals surface area contributed by atoms with Crippen molar-refractivity contribution in [3.05, 3.63) is 69.0 Å². The van der Waals surface area contributed by atoms with Gasteiger partial charge in [0.1, 0.15) is 0 Å². The van der Waals surface area contributed by atoms with E-state index in [0.29, 0.717) is 38.9 Å². The molecule has 168 valence electrons. The Balaban J connectivity index is 1.72. The molecular weight excluding hydrogens is 446 g/mol. The van der Waals surface area contributed by atoms with Crippen LogP contribution in [0.2, 0.25) is 5.02 Å². The van der Waals surface area contributed by atoms with E-state index in [0.717, 1.165) is 25.0 Å². The molecule has 1 aliphatic heterocycles. The molecule has 2 aromatic carbocycles. The van der Waals surface area contributed by atoms with Crippen LogP contribution in [0.25, 0.3) is 10.9 Å². The number of fused-ring (bicyclic) bond motifs is 1. The standard InChI is InChI=1S/C24H26ClN3O3S/c1-15(2)26-22(29)17-8-9-20-21(12-17)27-24(32-14-16-5-3-6-18(25)11-16)28(23(20)30)13-19-7-4-10-31-19/h3,5-6,8-9,11-12,15,19H,4,7,10,13-14H2,1-2H3,(H,26,29)/t19-/m0/s1. The van der Waals surface area contributed by atoms with Crippen LogP contribution in [0.15, 0.2) is 52.4 Å². The number of benzene rings is 2. The fraction of sp³-hybridized carbons (Fsp3) is 0.375. The minimum absolute atomic E-state index is 0.00793. The molecule has 0 saturated carbocycles. The van der Waals surface area contributed by atoms with Crippen LogP contribution in [-0.4, -0.2) is 34.2 Å². The first-order valence-electron chi connectivity index (χ1n) is 10.7. The van der Waals surface area contributed by atoms with Crippen LogP contribution < -0.4 is 10.9 Å².